The predicted octanol–water partition coefficient (Wildman–Crippen LogP) is 3.10. The number of likely N-dealkylation sites (tertiary alicyclic amines) is 1. The van der Waals surface area contributed by atoms with E-state index in [4.69, 9.17) is 0 Å². The highest BCUT2D eigenvalue weighted by Gasteiger charge is 2.39. The lowest BCUT2D eigenvalue weighted by molar-refractivity contribution is 0.0208. The van der Waals surface area contributed by atoms with E-state index in [0.29, 0.717) is 17.4 Å². The number of hydrogen-bond donors (Lipinski definition) is 0. The Labute approximate surface area is 87.7 Å². The summed E-state index contributed by atoms with van der Waals surface area (Å²) in [7, 11) is 0. The lowest BCUT2D eigenvalue weighted by Gasteiger charge is -2.47. The van der Waals surface area contributed by atoms with Gasteiger partial charge < -0.3 is 4.90 Å². The van der Waals surface area contributed by atoms with Gasteiger partial charge in [-0.3, -0.25) is 0 Å². The normalized spacial score (nSPS) is 23.8. The Morgan fingerprint density at radius 1 is 1.21 bits per heavy atom. The Kier molecular flexibility index (Phi) is 3.57. The van der Waals surface area contributed by atoms with Crippen LogP contribution >= 0.6 is 0 Å². The van der Waals surface area contributed by atoms with Gasteiger partial charge in [0.25, 0.3) is 0 Å². The number of hydrogen-bond acceptors (Lipinski definition) is 1. The summed E-state index contributed by atoms with van der Waals surface area (Å²) in [5.74, 6) is 0. The zero-order valence-corrected chi connectivity index (χ0v) is 10.1. The standard InChI is InChI=1S/C12H24FN/c1-11(2,3)12(4)5-8-14(9-6-12)10-7-13/h5-10H2,1-4H3. The Bertz CT molecular complexity index is 175. The lowest BCUT2D eigenvalue weighted by Crippen LogP contribution is -2.45. The molecule has 0 aromatic rings. The maximum Gasteiger partial charge on any atom is 0.102 e. The molecule has 0 aliphatic carbocycles. The van der Waals surface area contributed by atoms with Crippen LogP contribution in [-0.4, -0.2) is 31.2 Å². The molecule has 0 spiro atoms. The van der Waals surface area contributed by atoms with E-state index in [1.165, 1.54) is 12.8 Å². The Morgan fingerprint density at radius 2 is 1.71 bits per heavy atom. The van der Waals surface area contributed by atoms with Gasteiger partial charge in [0.2, 0.25) is 0 Å². The Hall–Kier alpha value is -0.110. The third-order valence-electron chi connectivity index (χ3n) is 4.17. The van der Waals surface area contributed by atoms with Crippen molar-refractivity contribution in [1.82, 2.24) is 4.90 Å². The lowest BCUT2D eigenvalue weighted by atomic mass is 9.63. The molecule has 0 bridgehead atoms. The summed E-state index contributed by atoms with van der Waals surface area (Å²) >= 11 is 0. The van der Waals surface area contributed by atoms with E-state index in [9.17, 15) is 4.39 Å². The van der Waals surface area contributed by atoms with Gasteiger partial charge in [0.15, 0.2) is 0 Å². The molecule has 0 radical (unpaired) electrons. The minimum Gasteiger partial charge on any atom is -0.301 e. The van der Waals surface area contributed by atoms with Gasteiger partial charge in [-0.05, 0) is 36.8 Å². The second kappa shape index (κ2) is 4.18. The maximum atomic E-state index is 12.2. The van der Waals surface area contributed by atoms with Crippen LogP contribution in [-0.2, 0) is 0 Å². The molecular formula is C12H24FN. The van der Waals surface area contributed by atoms with Gasteiger partial charge in [-0.15, -0.1) is 0 Å². The van der Waals surface area contributed by atoms with E-state index in [2.05, 4.69) is 32.6 Å². The molecule has 1 fully saturated rings. The molecule has 1 aliphatic rings. The molecular weight excluding hydrogens is 177 g/mol. The molecule has 0 unspecified atom stereocenters. The monoisotopic (exact) mass is 201 g/mol. The fourth-order valence-electron chi connectivity index (χ4n) is 2.14. The van der Waals surface area contributed by atoms with Gasteiger partial charge in [-0.2, -0.15) is 0 Å². The number of rotatable bonds is 2. The maximum absolute atomic E-state index is 12.2. The third kappa shape index (κ3) is 2.47. The quantitative estimate of drug-likeness (QED) is 0.663. The number of piperidine rings is 1. The van der Waals surface area contributed by atoms with Crippen molar-refractivity contribution in [3.05, 3.63) is 0 Å². The molecule has 1 saturated heterocycles. The first-order valence-electron chi connectivity index (χ1n) is 5.67. The fourth-order valence-corrected chi connectivity index (χ4v) is 2.14. The molecule has 1 heterocycles. The van der Waals surface area contributed by atoms with Crippen LogP contribution in [0.2, 0.25) is 0 Å². The van der Waals surface area contributed by atoms with Crippen LogP contribution in [0.3, 0.4) is 0 Å². The highest BCUT2D eigenvalue weighted by atomic mass is 19.1. The molecule has 1 nitrogen and oxygen atoms in total. The van der Waals surface area contributed by atoms with Crippen molar-refractivity contribution in [2.24, 2.45) is 10.8 Å². The van der Waals surface area contributed by atoms with Gasteiger partial charge >= 0.3 is 0 Å². The van der Waals surface area contributed by atoms with Crippen molar-refractivity contribution >= 4 is 0 Å². The summed E-state index contributed by atoms with van der Waals surface area (Å²) in [6, 6.07) is 0. The average molecular weight is 201 g/mol. The van der Waals surface area contributed by atoms with Crippen LogP contribution in [0.15, 0.2) is 0 Å². The summed E-state index contributed by atoms with van der Waals surface area (Å²) in [6.45, 7) is 11.9. The first kappa shape index (κ1) is 12.0. The van der Waals surface area contributed by atoms with Crippen LogP contribution in [0.4, 0.5) is 4.39 Å². The molecule has 0 atom stereocenters. The SMILES string of the molecule is CC(C)(C)C1(C)CCN(CCF)CC1. The average Bonchev–Trinajstić information content (AvgIpc) is 2.08. The second-order valence-corrected chi connectivity index (χ2v) is 5.84. The Morgan fingerprint density at radius 3 is 2.07 bits per heavy atom. The molecule has 0 aromatic heterocycles. The predicted molar refractivity (Wildman–Crippen MR) is 59.2 cm³/mol. The molecule has 0 saturated carbocycles. The van der Waals surface area contributed by atoms with Crippen LogP contribution < -0.4 is 0 Å². The molecule has 1 aliphatic heterocycles. The summed E-state index contributed by atoms with van der Waals surface area (Å²) in [5.41, 5.74) is 0.800. The second-order valence-electron chi connectivity index (χ2n) is 5.84. The zero-order chi connectivity index (χ0) is 10.8. The fraction of sp³-hybridized carbons (Fsp3) is 1.00. The van der Waals surface area contributed by atoms with E-state index in [1.807, 2.05) is 0 Å². The van der Waals surface area contributed by atoms with Crippen molar-refractivity contribution in [3.8, 4) is 0 Å². The smallest absolute Gasteiger partial charge is 0.102 e. The zero-order valence-electron chi connectivity index (χ0n) is 10.1. The topological polar surface area (TPSA) is 3.24 Å². The Balaban J connectivity index is 2.49. The minimum absolute atomic E-state index is 0.202. The van der Waals surface area contributed by atoms with Gasteiger partial charge in [-0.1, -0.05) is 27.7 Å². The summed E-state index contributed by atoms with van der Waals surface area (Å²) in [5, 5.41) is 0. The minimum atomic E-state index is -0.202. The number of nitrogens with zero attached hydrogens (tertiary/aromatic N) is 1. The van der Waals surface area contributed by atoms with E-state index in [1.54, 1.807) is 0 Å². The van der Waals surface area contributed by atoms with Crippen LogP contribution in [0, 0.1) is 10.8 Å². The molecule has 0 aromatic carbocycles. The molecule has 1 rings (SSSR count). The molecule has 2 heteroatoms. The van der Waals surface area contributed by atoms with Crippen molar-refractivity contribution in [3.63, 3.8) is 0 Å². The molecule has 0 amide bonds. The highest BCUT2D eigenvalue weighted by Crippen LogP contribution is 2.46. The van der Waals surface area contributed by atoms with Gasteiger partial charge in [-0.25, -0.2) is 4.39 Å². The van der Waals surface area contributed by atoms with Crippen LogP contribution in [0.25, 0.3) is 0 Å². The van der Waals surface area contributed by atoms with Crippen molar-refractivity contribution in [2.45, 2.75) is 40.5 Å². The van der Waals surface area contributed by atoms with Gasteiger partial charge in [0.1, 0.15) is 6.67 Å². The third-order valence-corrected chi connectivity index (χ3v) is 4.17. The molecule has 0 N–H and O–H groups in total. The van der Waals surface area contributed by atoms with Gasteiger partial charge in [0.05, 0.1) is 0 Å². The van der Waals surface area contributed by atoms with Crippen LogP contribution in [0.5, 0.6) is 0 Å². The van der Waals surface area contributed by atoms with Gasteiger partial charge in [0, 0.05) is 6.54 Å². The summed E-state index contributed by atoms with van der Waals surface area (Å²) < 4.78 is 12.2. The summed E-state index contributed by atoms with van der Waals surface area (Å²) in [4.78, 5) is 2.24. The van der Waals surface area contributed by atoms with Crippen molar-refractivity contribution < 1.29 is 4.39 Å². The van der Waals surface area contributed by atoms with Crippen molar-refractivity contribution in [1.29, 1.82) is 0 Å². The van der Waals surface area contributed by atoms with E-state index in [-0.39, 0.29) is 6.67 Å². The summed E-state index contributed by atoms with van der Waals surface area (Å²) in [6.07, 6.45) is 2.41. The van der Waals surface area contributed by atoms with E-state index < -0.39 is 0 Å². The number of alkyl halides is 1. The van der Waals surface area contributed by atoms with Crippen molar-refractivity contribution in [2.75, 3.05) is 26.3 Å². The number of halogens is 1. The van der Waals surface area contributed by atoms with E-state index >= 15 is 0 Å². The first-order valence-corrected chi connectivity index (χ1v) is 5.67. The van der Waals surface area contributed by atoms with E-state index in [0.717, 1.165) is 13.1 Å². The highest BCUT2D eigenvalue weighted by molar-refractivity contribution is 4.90. The van der Waals surface area contributed by atoms with Crippen LogP contribution in [0.1, 0.15) is 40.5 Å². The largest absolute Gasteiger partial charge is 0.301 e. The molecule has 84 valence electrons. The first-order chi connectivity index (χ1) is 6.39. The molecule has 14 heavy (non-hydrogen) atoms.